The van der Waals surface area contributed by atoms with E-state index in [-0.39, 0.29) is 38.0 Å². The number of aromatic nitrogens is 1. The fourth-order valence-corrected chi connectivity index (χ4v) is 4.53. The molecule has 246 valence electrons. The SMILES string of the molecule is CC(C)C[C@H](NC(=O)[C@H](CCC(=O)O)NC(=O)[C@@H](N)Cc1c[nH]c2ccccc12)C(=O)N[C@@H](CCC(N)=O)C(=O)NCC(=O)O. The highest BCUT2D eigenvalue weighted by molar-refractivity contribution is 5.95. The molecule has 0 unspecified atom stereocenters. The minimum atomic E-state index is -1.37. The molecule has 5 amide bonds. The molecule has 16 nitrogen and oxygen atoms in total. The van der Waals surface area contributed by atoms with E-state index in [4.69, 9.17) is 16.6 Å². The van der Waals surface area contributed by atoms with Gasteiger partial charge in [0.05, 0.1) is 6.04 Å². The third kappa shape index (κ3) is 12.3. The van der Waals surface area contributed by atoms with E-state index in [2.05, 4.69) is 26.3 Å². The van der Waals surface area contributed by atoms with Crippen LogP contribution in [0.1, 0.15) is 51.5 Å². The molecule has 11 N–H and O–H groups in total. The van der Waals surface area contributed by atoms with E-state index in [9.17, 15) is 38.7 Å². The second-order valence-corrected chi connectivity index (χ2v) is 11.0. The van der Waals surface area contributed by atoms with Crippen molar-refractivity contribution < 1.29 is 43.8 Å². The van der Waals surface area contributed by atoms with E-state index in [0.717, 1.165) is 16.5 Å². The first-order valence-corrected chi connectivity index (χ1v) is 14.4. The van der Waals surface area contributed by atoms with E-state index >= 15 is 0 Å². The summed E-state index contributed by atoms with van der Waals surface area (Å²) in [5, 5.41) is 28.5. The number of nitrogens with one attached hydrogen (secondary N) is 5. The van der Waals surface area contributed by atoms with Crippen molar-refractivity contribution in [1.29, 1.82) is 0 Å². The van der Waals surface area contributed by atoms with Crippen LogP contribution < -0.4 is 32.7 Å². The van der Waals surface area contributed by atoms with Gasteiger partial charge in [0.15, 0.2) is 0 Å². The van der Waals surface area contributed by atoms with E-state index in [0.29, 0.717) is 0 Å². The molecule has 2 rings (SSSR count). The minimum absolute atomic E-state index is 0.0799. The molecule has 0 fully saturated rings. The van der Waals surface area contributed by atoms with E-state index < -0.39 is 78.6 Å². The summed E-state index contributed by atoms with van der Waals surface area (Å²) >= 11 is 0. The van der Waals surface area contributed by atoms with Gasteiger partial charge < -0.3 is 47.9 Å². The Labute approximate surface area is 259 Å². The maximum Gasteiger partial charge on any atom is 0.322 e. The quantitative estimate of drug-likeness (QED) is 0.0899. The number of carbonyl (C=O) groups excluding carboxylic acids is 5. The third-order valence-corrected chi connectivity index (χ3v) is 6.80. The van der Waals surface area contributed by atoms with Gasteiger partial charge in [-0.05, 0) is 43.2 Å². The fourth-order valence-electron chi connectivity index (χ4n) is 4.53. The van der Waals surface area contributed by atoms with Gasteiger partial charge in [0.25, 0.3) is 0 Å². The predicted molar refractivity (Wildman–Crippen MR) is 161 cm³/mol. The normalized spacial score (nSPS) is 13.7. The zero-order valence-electron chi connectivity index (χ0n) is 25.1. The Morgan fingerprint density at radius 2 is 1.38 bits per heavy atom. The van der Waals surface area contributed by atoms with Gasteiger partial charge in [-0.2, -0.15) is 0 Å². The largest absolute Gasteiger partial charge is 0.481 e. The molecule has 16 heteroatoms. The van der Waals surface area contributed by atoms with Crippen molar-refractivity contribution in [3.05, 3.63) is 36.0 Å². The molecule has 1 aromatic carbocycles. The van der Waals surface area contributed by atoms with Gasteiger partial charge in [0.2, 0.25) is 29.5 Å². The highest BCUT2D eigenvalue weighted by Gasteiger charge is 2.31. The van der Waals surface area contributed by atoms with Gasteiger partial charge >= 0.3 is 11.9 Å². The number of carboxylic acids is 2. The van der Waals surface area contributed by atoms with Gasteiger partial charge in [-0.1, -0.05) is 32.0 Å². The molecule has 0 saturated carbocycles. The Morgan fingerprint density at radius 3 is 2.00 bits per heavy atom. The van der Waals surface area contributed by atoms with Crippen molar-refractivity contribution in [1.82, 2.24) is 26.3 Å². The zero-order valence-corrected chi connectivity index (χ0v) is 25.1. The zero-order chi connectivity index (χ0) is 33.7. The molecule has 0 bridgehead atoms. The summed E-state index contributed by atoms with van der Waals surface area (Å²) in [6, 6.07) is 2.37. The van der Waals surface area contributed by atoms with Gasteiger partial charge in [0, 0.05) is 29.9 Å². The van der Waals surface area contributed by atoms with Gasteiger partial charge in [-0.15, -0.1) is 0 Å². The molecule has 0 spiro atoms. The van der Waals surface area contributed by atoms with Crippen molar-refractivity contribution in [2.75, 3.05) is 6.54 Å². The minimum Gasteiger partial charge on any atom is -0.481 e. The summed E-state index contributed by atoms with van der Waals surface area (Å²) in [6.45, 7) is 2.80. The molecule has 1 heterocycles. The fraction of sp³-hybridized carbons (Fsp3) is 0.483. The summed E-state index contributed by atoms with van der Waals surface area (Å²) in [6.07, 6.45) is 0.613. The van der Waals surface area contributed by atoms with Gasteiger partial charge in [0.1, 0.15) is 24.7 Å². The average molecular weight is 632 g/mol. The lowest BCUT2D eigenvalue weighted by Gasteiger charge is -2.26. The van der Waals surface area contributed by atoms with Crippen LogP contribution in [0.15, 0.2) is 30.5 Å². The first-order valence-electron chi connectivity index (χ1n) is 14.4. The second-order valence-electron chi connectivity index (χ2n) is 11.0. The van der Waals surface area contributed by atoms with Crippen LogP contribution in [0, 0.1) is 5.92 Å². The average Bonchev–Trinajstić information content (AvgIpc) is 3.37. The number of carboxylic acid groups (broad SMARTS) is 2. The van der Waals surface area contributed by atoms with Crippen molar-refractivity contribution in [2.24, 2.45) is 17.4 Å². The lowest BCUT2D eigenvalue weighted by Crippen LogP contribution is -2.58. The Hall–Kier alpha value is -4.99. The van der Waals surface area contributed by atoms with E-state index in [1.54, 1.807) is 20.0 Å². The molecule has 45 heavy (non-hydrogen) atoms. The summed E-state index contributed by atoms with van der Waals surface area (Å²) < 4.78 is 0. The van der Waals surface area contributed by atoms with Crippen LogP contribution in [0.4, 0.5) is 0 Å². The summed E-state index contributed by atoms with van der Waals surface area (Å²) in [7, 11) is 0. The topological polar surface area (TPSA) is 276 Å². The van der Waals surface area contributed by atoms with Crippen molar-refractivity contribution in [3.8, 4) is 0 Å². The number of primary amides is 1. The van der Waals surface area contributed by atoms with Crippen LogP contribution in [0.25, 0.3) is 10.9 Å². The molecule has 2 aromatic rings. The molecule has 0 aliphatic rings. The second kappa shape index (κ2) is 17.3. The molecule has 0 radical (unpaired) electrons. The summed E-state index contributed by atoms with van der Waals surface area (Å²) in [4.78, 5) is 88.8. The molecule has 0 aliphatic carbocycles. The molecule has 0 saturated heterocycles. The predicted octanol–water partition coefficient (Wildman–Crippen LogP) is -1.13. The number of hydrogen-bond donors (Lipinski definition) is 9. The Morgan fingerprint density at radius 1 is 0.800 bits per heavy atom. The summed E-state index contributed by atoms with van der Waals surface area (Å²) in [5.41, 5.74) is 12.9. The van der Waals surface area contributed by atoms with Crippen LogP contribution in [-0.2, 0) is 40.0 Å². The Balaban J connectivity index is 2.19. The monoisotopic (exact) mass is 631 g/mol. The smallest absolute Gasteiger partial charge is 0.322 e. The van der Waals surface area contributed by atoms with Crippen LogP contribution in [0.5, 0.6) is 0 Å². The maximum atomic E-state index is 13.4. The van der Waals surface area contributed by atoms with Crippen LogP contribution in [-0.4, -0.2) is 87.4 Å². The lowest BCUT2D eigenvalue weighted by molar-refractivity contribution is -0.139. The number of hydrogen-bond acceptors (Lipinski definition) is 8. The molecule has 1 aromatic heterocycles. The Kier molecular flexibility index (Phi) is 14.0. The first-order chi connectivity index (χ1) is 21.2. The van der Waals surface area contributed by atoms with E-state index in [1.807, 2.05) is 24.3 Å². The van der Waals surface area contributed by atoms with Gasteiger partial charge in [-0.25, -0.2) is 0 Å². The number of aromatic amines is 1. The number of rotatable bonds is 19. The van der Waals surface area contributed by atoms with Crippen molar-refractivity contribution in [3.63, 3.8) is 0 Å². The third-order valence-electron chi connectivity index (χ3n) is 6.80. The van der Waals surface area contributed by atoms with Crippen LogP contribution in [0.3, 0.4) is 0 Å². The number of nitrogens with two attached hydrogens (primary N) is 2. The molecular weight excluding hydrogens is 590 g/mol. The first kappa shape index (κ1) is 36.2. The molecule has 0 aliphatic heterocycles. The number of fused-ring (bicyclic) bond motifs is 1. The number of para-hydroxylation sites is 1. The number of benzene rings is 1. The number of carbonyl (C=O) groups is 7. The van der Waals surface area contributed by atoms with Crippen molar-refractivity contribution in [2.45, 2.75) is 76.5 Å². The van der Waals surface area contributed by atoms with Gasteiger partial charge in [-0.3, -0.25) is 33.6 Å². The highest BCUT2D eigenvalue weighted by atomic mass is 16.4. The standard InChI is InChI=1S/C29H41N7O9/c1-15(2)11-22(29(45)35-20(7-9-23(31)37)27(43)33-14-25(40)41)36-28(44)21(8-10-24(38)39)34-26(42)18(30)12-16-13-32-19-6-4-3-5-17(16)19/h3-6,13,15,18,20-22,32H,7-12,14,30H2,1-2H3,(H2,31,37)(H,33,43)(H,34,42)(H,35,45)(H,36,44)(H,38,39)(H,40,41)/t18-,20-,21-,22-/m0/s1. The van der Waals surface area contributed by atoms with E-state index in [1.165, 1.54) is 0 Å². The lowest BCUT2D eigenvalue weighted by atomic mass is 10.0. The Bertz CT molecular complexity index is 1390. The van der Waals surface area contributed by atoms with Crippen molar-refractivity contribution >= 4 is 52.4 Å². The summed E-state index contributed by atoms with van der Waals surface area (Å²) in [5.74, 6) is -6.72. The molecule has 4 atom stereocenters. The highest BCUT2D eigenvalue weighted by Crippen LogP contribution is 2.19. The number of H-pyrrole nitrogens is 1. The molecular formula is C29H41N7O9. The number of amides is 5. The van der Waals surface area contributed by atoms with Crippen LogP contribution in [0.2, 0.25) is 0 Å². The maximum absolute atomic E-state index is 13.4. The number of aliphatic carboxylic acids is 2. The van der Waals surface area contributed by atoms with Crippen LogP contribution >= 0.6 is 0 Å².